The first-order chi connectivity index (χ1) is 9.58. The first kappa shape index (κ1) is 14.1. The summed E-state index contributed by atoms with van der Waals surface area (Å²) in [6, 6.07) is 11.0. The van der Waals surface area contributed by atoms with Gasteiger partial charge < -0.3 is 15.7 Å². The van der Waals surface area contributed by atoms with Crippen LogP contribution in [0.1, 0.15) is 11.1 Å². The third-order valence-electron chi connectivity index (χ3n) is 2.56. The molecule has 0 heterocycles. The van der Waals surface area contributed by atoms with Gasteiger partial charge >= 0.3 is 0 Å². The van der Waals surface area contributed by atoms with Gasteiger partial charge in [0, 0.05) is 10.6 Å². The highest BCUT2D eigenvalue weighted by atomic mass is 35.5. The molecular formula is C14H12ClFN2O2. The van der Waals surface area contributed by atoms with Crippen molar-refractivity contribution in [2.45, 2.75) is 6.61 Å². The molecule has 0 fully saturated rings. The molecule has 0 aliphatic heterocycles. The van der Waals surface area contributed by atoms with Gasteiger partial charge in [0.1, 0.15) is 18.2 Å². The average Bonchev–Trinajstić information content (AvgIpc) is 2.44. The molecule has 4 nitrogen and oxygen atoms in total. The summed E-state index contributed by atoms with van der Waals surface area (Å²) in [6.45, 7) is 0.143. The number of nitrogens with zero attached hydrogens (tertiary/aromatic N) is 1. The third kappa shape index (κ3) is 3.61. The van der Waals surface area contributed by atoms with Crippen LogP contribution in [-0.2, 0) is 6.61 Å². The standard InChI is InChI=1S/C14H12ClFN2O2/c15-11-2-1-3-13(7-11)20-8-9-4-10(14(17)18-19)6-12(16)5-9/h1-7,19H,8H2,(H2,17,18). The highest BCUT2D eigenvalue weighted by molar-refractivity contribution is 6.30. The fourth-order valence-electron chi connectivity index (χ4n) is 1.66. The van der Waals surface area contributed by atoms with E-state index in [0.717, 1.165) is 0 Å². The Balaban J connectivity index is 2.15. The van der Waals surface area contributed by atoms with Gasteiger partial charge in [-0.15, -0.1) is 0 Å². The van der Waals surface area contributed by atoms with Gasteiger partial charge in [-0.25, -0.2) is 4.39 Å². The summed E-state index contributed by atoms with van der Waals surface area (Å²) in [5.74, 6) is -0.0700. The van der Waals surface area contributed by atoms with Crippen molar-refractivity contribution in [2.24, 2.45) is 10.9 Å². The average molecular weight is 295 g/mol. The van der Waals surface area contributed by atoms with Crippen LogP contribution in [-0.4, -0.2) is 11.0 Å². The Morgan fingerprint density at radius 1 is 1.30 bits per heavy atom. The monoisotopic (exact) mass is 294 g/mol. The third-order valence-corrected chi connectivity index (χ3v) is 2.80. The Morgan fingerprint density at radius 2 is 2.10 bits per heavy atom. The molecule has 0 aliphatic carbocycles. The molecule has 0 atom stereocenters. The van der Waals surface area contributed by atoms with Crippen LogP contribution < -0.4 is 10.5 Å². The van der Waals surface area contributed by atoms with E-state index in [1.54, 1.807) is 30.3 Å². The maximum absolute atomic E-state index is 13.4. The summed E-state index contributed by atoms with van der Waals surface area (Å²) in [4.78, 5) is 0. The molecule has 0 radical (unpaired) electrons. The number of hydrogen-bond donors (Lipinski definition) is 2. The Kier molecular flexibility index (Phi) is 4.42. The zero-order valence-electron chi connectivity index (χ0n) is 10.4. The first-order valence-electron chi connectivity index (χ1n) is 5.74. The van der Waals surface area contributed by atoms with Gasteiger partial charge in [-0.3, -0.25) is 0 Å². The molecule has 0 amide bonds. The molecule has 3 N–H and O–H groups in total. The van der Waals surface area contributed by atoms with E-state index in [0.29, 0.717) is 16.3 Å². The lowest BCUT2D eigenvalue weighted by molar-refractivity contribution is 0.305. The fourth-order valence-corrected chi connectivity index (χ4v) is 1.84. The van der Waals surface area contributed by atoms with Gasteiger partial charge in [-0.05, 0) is 42.0 Å². The van der Waals surface area contributed by atoms with Crippen molar-refractivity contribution >= 4 is 17.4 Å². The van der Waals surface area contributed by atoms with Crippen LogP contribution in [0.15, 0.2) is 47.6 Å². The topological polar surface area (TPSA) is 67.8 Å². The minimum Gasteiger partial charge on any atom is -0.489 e. The van der Waals surface area contributed by atoms with Crippen LogP contribution in [0.3, 0.4) is 0 Å². The van der Waals surface area contributed by atoms with Crippen LogP contribution in [0.25, 0.3) is 0 Å². The molecule has 0 saturated carbocycles. The summed E-state index contributed by atoms with van der Waals surface area (Å²) in [7, 11) is 0. The molecular weight excluding hydrogens is 283 g/mol. The molecule has 2 aromatic carbocycles. The second kappa shape index (κ2) is 6.25. The lowest BCUT2D eigenvalue weighted by Crippen LogP contribution is -2.14. The van der Waals surface area contributed by atoms with Crippen molar-refractivity contribution in [3.05, 3.63) is 64.4 Å². The lowest BCUT2D eigenvalue weighted by Gasteiger charge is -2.08. The van der Waals surface area contributed by atoms with E-state index in [1.807, 2.05) is 0 Å². The molecule has 0 aromatic heterocycles. The van der Waals surface area contributed by atoms with Gasteiger partial charge in [0.15, 0.2) is 5.84 Å². The van der Waals surface area contributed by atoms with E-state index >= 15 is 0 Å². The largest absolute Gasteiger partial charge is 0.489 e. The predicted octanol–water partition coefficient (Wildman–Crippen LogP) is 3.15. The maximum atomic E-state index is 13.4. The van der Waals surface area contributed by atoms with Gasteiger partial charge in [-0.1, -0.05) is 22.8 Å². The van der Waals surface area contributed by atoms with Gasteiger partial charge in [0.05, 0.1) is 0 Å². The van der Waals surface area contributed by atoms with E-state index in [-0.39, 0.29) is 18.0 Å². The summed E-state index contributed by atoms with van der Waals surface area (Å²) in [5, 5.41) is 12.0. The number of nitrogens with two attached hydrogens (primary N) is 1. The van der Waals surface area contributed by atoms with Crippen molar-refractivity contribution in [1.82, 2.24) is 0 Å². The van der Waals surface area contributed by atoms with E-state index in [4.69, 9.17) is 27.3 Å². The van der Waals surface area contributed by atoms with Crippen molar-refractivity contribution in [3.8, 4) is 5.75 Å². The molecule has 0 saturated heterocycles. The molecule has 2 rings (SSSR count). The molecule has 20 heavy (non-hydrogen) atoms. The van der Waals surface area contributed by atoms with Crippen molar-refractivity contribution in [1.29, 1.82) is 0 Å². The van der Waals surface area contributed by atoms with E-state index < -0.39 is 5.82 Å². The van der Waals surface area contributed by atoms with Crippen LogP contribution in [0.4, 0.5) is 4.39 Å². The molecule has 2 aromatic rings. The summed E-state index contributed by atoms with van der Waals surface area (Å²) in [5.41, 5.74) is 6.28. The molecule has 0 bridgehead atoms. The number of hydrogen-bond acceptors (Lipinski definition) is 3. The van der Waals surface area contributed by atoms with E-state index in [1.165, 1.54) is 12.1 Å². The minimum atomic E-state index is -0.487. The maximum Gasteiger partial charge on any atom is 0.170 e. The van der Waals surface area contributed by atoms with Gasteiger partial charge in [0.25, 0.3) is 0 Å². The van der Waals surface area contributed by atoms with Crippen LogP contribution in [0.5, 0.6) is 5.75 Å². The van der Waals surface area contributed by atoms with Crippen LogP contribution in [0.2, 0.25) is 5.02 Å². The van der Waals surface area contributed by atoms with Crippen molar-refractivity contribution in [3.63, 3.8) is 0 Å². The highest BCUT2D eigenvalue weighted by Crippen LogP contribution is 2.19. The quantitative estimate of drug-likeness (QED) is 0.394. The Morgan fingerprint density at radius 3 is 2.80 bits per heavy atom. The molecule has 6 heteroatoms. The van der Waals surface area contributed by atoms with Gasteiger partial charge in [-0.2, -0.15) is 0 Å². The lowest BCUT2D eigenvalue weighted by atomic mass is 10.1. The Hall–Kier alpha value is -2.27. The predicted molar refractivity (Wildman–Crippen MR) is 74.7 cm³/mol. The van der Waals surface area contributed by atoms with E-state index in [2.05, 4.69) is 5.16 Å². The number of halogens is 2. The summed E-state index contributed by atoms with van der Waals surface area (Å²) < 4.78 is 18.9. The SMILES string of the molecule is N/C(=N/O)c1cc(F)cc(COc2cccc(Cl)c2)c1. The Labute approximate surface area is 120 Å². The van der Waals surface area contributed by atoms with Gasteiger partial charge in [0.2, 0.25) is 0 Å². The number of oxime groups is 1. The normalized spacial score (nSPS) is 11.4. The zero-order valence-corrected chi connectivity index (χ0v) is 11.1. The van der Waals surface area contributed by atoms with Crippen LogP contribution >= 0.6 is 11.6 Å². The molecule has 0 aliphatic rings. The molecule has 0 spiro atoms. The fraction of sp³-hybridized carbons (Fsp3) is 0.0714. The zero-order chi connectivity index (χ0) is 14.5. The number of rotatable bonds is 4. The minimum absolute atomic E-state index is 0.143. The first-order valence-corrected chi connectivity index (χ1v) is 6.12. The smallest absolute Gasteiger partial charge is 0.170 e. The highest BCUT2D eigenvalue weighted by Gasteiger charge is 2.06. The van der Waals surface area contributed by atoms with Crippen molar-refractivity contribution < 1.29 is 14.3 Å². The number of benzene rings is 2. The summed E-state index contributed by atoms with van der Waals surface area (Å²) >= 11 is 5.84. The molecule has 0 unspecified atom stereocenters. The molecule has 104 valence electrons. The number of ether oxygens (including phenoxy) is 1. The van der Waals surface area contributed by atoms with E-state index in [9.17, 15) is 4.39 Å². The Bertz CT molecular complexity index is 647. The van der Waals surface area contributed by atoms with Crippen molar-refractivity contribution in [2.75, 3.05) is 0 Å². The second-order valence-corrected chi connectivity index (χ2v) is 4.52. The second-order valence-electron chi connectivity index (χ2n) is 4.08. The summed E-state index contributed by atoms with van der Waals surface area (Å²) in [6.07, 6.45) is 0. The number of amidine groups is 1. The van der Waals surface area contributed by atoms with Crippen LogP contribution in [0, 0.1) is 5.82 Å².